The van der Waals surface area contributed by atoms with Gasteiger partial charge in [0.2, 0.25) is 0 Å². The normalized spacial score (nSPS) is 17.9. The van der Waals surface area contributed by atoms with Crippen LogP contribution in [-0.4, -0.2) is 24.0 Å². The molecule has 0 bridgehead atoms. The smallest absolute Gasteiger partial charge is 0.337 e. The number of imidazole rings is 1. The second-order valence-corrected chi connectivity index (χ2v) is 12.3. The molecule has 11 heteroatoms. The molecule has 0 saturated carbocycles. The fraction of sp³-hybridized carbons (Fsp3) is 0.233. The molecule has 0 N–H and O–H groups in total. The van der Waals surface area contributed by atoms with Crippen molar-refractivity contribution < 1.29 is 26.0 Å². The standard InChI is InChI=1S/C30H26ClF4N3O2S/c1-19(29-26(31)7-4-8-27(29)32)13-21-9-10-22-15-23(17-37-12-11-36-18-37)20(2)38(28(22)14-21)41(39,40)25-6-3-5-24(16-25)30(33,34)35/h3-14,16,18,20,23H,15,17H2,1-2H3/t20-,23+/m1/s1. The number of halogens is 5. The van der Waals surface area contributed by atoms with E-state index in [1.807, 2.05) is 4.57 Å². The lowest BCUT2D eigenvalue weighted by Gasteiger charge is -2.41. The van der Waals surface area contributed by atoms with Crippen LogP contribution >= 0.6 is 11.6 Å². The summed E-state index contributed by atoms with van der Waals surface area (Å²) >= 11 is 6.24. The Labute approximate surface area is 240 Å². The SMILES string of the molecule is CC(=Cc1ccc2c(c1)N(S(=O)(=O)c1cccc(C(F)(F)F)c1)[C@H](C)[C@H](Cn1ccnc1)C2)c1c(F)cccc1Cl. The molecule has 0 amide bonds. The van der Waals surface area contributed by atoms with Crippen LogP contribution in [0.25, 0.3) is 11.6 Å². The number of allylic oxidation sites excluding steroid dienone is 1. The summed E-state index contributed by atoms with van der Waals surface area (Å²) in [4.78, 5) is 3.61. The van der Waals surface area contributed by atoms with Gasteiger partial charge in [-0.05, 0) is 73.4 Å². The van der Waals surface area contributed by atoms with E-state index in [4.69, 9.17) is 11.6 Å². The van der Waals surface area contributed by atoms with Gasteiger partial charge in [0.05, 0.1) is 27.5 Å². The Morgan fingerprint density at radius 1 is 1.12 bits per heavy atom. The maximum Gasteiger partial charge on any atom is 0.416 e. The fourth-order valence-electron chi connectivity index (χ4n) is 5.29. The lowest BCUT2D eigenvalue weighted by Crippen LogP contribution is -2.48. The first-order valence-electron chi connectivity index (χ1n) is 12.8. The second-order valence-electron chi connectivity index (χ2n) is 10.1. The summed E-state index contributed by atoms with van der Waals surface area (Å²) in [5.41, 5.74) is 1.38. The number of sulfonamides is 1. The molecule has 3 aromatic carbocycles. The molecule has 0 aliphatic carbocycles. The summed E-state index contributed by atoms with van der Waals surface area (Å²) in [6, 6.07) is 12.8. The number of fused-ring (bicyclic) bond motifs is 1. The van der Waals surface area contributed by atoms with E-state index < -0.39 is 38.5 Å². The fourth-order valence-corrected chi connectivity index (χ4v) is 7.39. The highest BCUT2D eigenvalue weighted by Crippen LogP contribution is 2.41. The van der Waals surface area contributed by atoms with Gasteiger partial charge in [-0.15, -0.1) is 0 Å². The molecule has 1 aromatic heterocycles. The average Bonchev–Trinajstić information content (AvgIpc) is 3.42. The van der Waals surface area contributed by atoms with Crippen LogP contribution in [0.4, 0.5) is 23.2 Å². The van der Waals surface area contributed by atoms with Crippen molar-refractivity contribution in [3.63, 3.8) is 0 Å². The van der Waals surface area contributed by atoms with Crippen molar-refractivity contribution in [1.82, 2.24) is 9.55 Å². The third-order valence-electron chi connectivity index (χ3n) is 7.34. The van der Waals surface area contributed by atoms with Crippen molar-refractivity contribution in [2.45, 2.75) is 43.9 Å². The van der Waals surface area contributed by atoms with Crippen molar-refractivity contribution in [3.8, 4) is 0 Å². The Bertz CT molecular complexity index is 1700. The molecule has 214 valence electrons. The van der Waals surface area contributed by atoms with Gasteiger partial charge in [0.15, 0.2) is 0 Å². The second kappa shape index (κ2) is 11.0. The number of nitrogens with zero attached hydrogens (tertiary/aromatic N) is 3. The molecule has 1 aliphatic heterocycles. The lowest BCUT2D eigenvalue weighted by atomic mass is 9.87. The van der Waals surface area contributed by atoms with Crippen molar-refractivity contribution in [3.05, 3.63) is 112 Å². The molecule has 41 heavy (non-hydrogen) atoms. The Balaban J connectivity index is 1.63. The van der Waals surface area contributed by atoms with Gasteiger partial charge in [-0.2, -0.15) is 13.2 Å². The van der Waals surface area contributed by atoms with Crippen LogP contribution in [0, 0.1) is 11.7 Å². The quantitative estimate of drug-likeness (QED) is 0.168. The minimum absolute atomic E-state index is 0.197. The van der Waals surface area contributed by atoms with Crippen LogP contribution < -0.4 is 4.31 Å². The maximum atomic E-state index is 14.5. The third-order valence-corrected chi connectivity index (χ3v) is 9.56. The zero-order chi connectivity index (χ0) is 29.5. The van der Waals surface area contributed by atoms with E-state index in [0.717, 1.165) is 17.7 Å². The van der Waals surface area contributed by atoms with Crippen LogP contribution in [0.15, 0.2) is 84.3 Å². The molecule has 4 aromatic rings. The molecular formula is C30H26ClF4N3O2S. The third kappa shape index (κ3) is 5.76. The maximum absolute atomic E-state index is 14.5. The first kappa shape index (κ1) is 28.9. The molecular weight excluding hydrogens is 578 g/mol. The van der Waals surface area contributed by atoms with Crippen LogP contribution in [-0.2, 0) is 29.2 Å². The number of alkyl halides is 3. The summed E-state index contributed by atoms with van der Waals surface area (Å²) in [5, 5.41) is 0.237. The van der Waals surface area contributed by atoms with E-state index in [1.54, 1.807) is 62.9 Å². The highest BCUT2D eigenvalue weighted by molar-refractivity contribution is 7.92. The lowest BCUT2D eigenvalue weighted by molar-refractivity contribution is -0.137. The number of hydrogen-bond donors (Lipinski definition) is 0. The molecule has 0 spiro atoms. The molecule has 0 saturated heterocycles. The molecule has 0 radical (unpaired) electrons. The van der Waals surface area contributed by atoms with E-state index >= 15 is 0 Å². The van der Waals surface area contributed by atoms with E-state index in [1.165, 1.54) is 22.5 Å². The highest BCUT2D eigenvalue weighted by Gasteiger charge is 2.40. The molecule has 2 heterocycles. The zero-order valence-electron chi connectivity index (χ0n) is 22.1. The van der Waals surface area contributed by atoms with Gasteiger partial charge in [0.1, 0.15) is 5.82 Å². The minimum atomic E-state index is -4.70. The average molecular weight is 604 g/mol. The molecule has 1 aliphatic rings. The van der Waals surface area contributed by atoms with Gasteiger partial charge in [-0.3, -0.25) is 4.31 Å². The van der Waals surface area contributed by atoms with Crippen LogP contribution in [0.3, 0.4) is 0 Å². The van der Waals surface area contributed by atoms with E-state index in [0.29, 0.717) is 35.9 Å². The summed E-state index contributed by atoms with van der Waals surface area (Å²) < 4.78 is 86.3. The van der Waals surface area contributed by atoms with Gasteiger partial charge < -0.3 is 4.57 Å². The summed E-state index contributed by atoms with van der Waals surface area (Å²) in [5.74, 6) is -0.688. The molecule has 5 rings (SSSR count). The predicted molar refractivity (Wildman–Crippen MR) is 151 cm³/mol. The summed E-state index contributed by atoms with van der Waals surface area (Å²) in [7, 11) is -4.42. The molecule has 2 atom stereocenters. The minimum Gasteiger partial charge on any atom is -0.337 e. The highest BCUT2D eigenvalue weighted by atomic mass is 35.5. The number of benzene rings is 3. The number of rotatable bonds is 6. The Morgan fingerprint density at radius 3 is 2.56 bits per heavy atom. The summed E-state index contributed by atoms with van der Waals surface area (Å²) in [6.07, 6.45) is 2.57. The van der Waals surface area contributed by atoms with E-state index in [-0.39, 0.29) is 16.5 Å². The molecule has 5 nitrogen and oxygen atoms in total. The van der Waals surface area contributed by atoms with Crippen LogP contribution in [0.5, 0.6) is 0 Å². The first-order chi connectivity index (χ1) is 19.4. The van der Waals surface area contributed by atoms with Gasteiger partial charge in [-0.1, -0.05) is 41.9 Å². The number of aromatic nitrogens is 2. The van der Waals surface area contributed by atoms with Gasteiger partial charge in [-0.25, -0.2) is 17.8 Å². The Morgan fingerprint density at radius 2 is 1.88 bits per heavy atom. The molecule has 0 unspecified atom stereocenters. The number of anilines is 1. The van der Waals surface area contributed by atoms with E-state index in [9.17, 15) is 26.0 Å². The van der Waals surface area contributed by atoms with Crippen molar-refractivity contribution >= 4 is 39.0 Å². The predicted octanol–water partition coefficient (Wildman–Crippen LogP) is 7.71. The van der Waals surface area contributed by atoms with Crippen LogP contribution in [0.2, 0.25) is 5.02 Å². The van der Waals surface area contributed by atoms with Crippen molar-refractivity contribution in [2.24, 2.45) is 5.92 Å². The largest absolute Gasteiger partial charge is 0.416 e. The monoisotopic (exact) mass is 603 g/mol. The first-order valence-corrected chi connectivity index (χ1v) is 14.6. The van der Waals surface area contributed by atoms with E-state index in [2.05, 4.69) is 4.98 Å². The Kier molecular flexibility index (Phi) is 7.74. The van der Waals surface area contributed by atoms with Gasteiger partial charge in [0, 0.05) is 36.5 Å². The topological polar surface area (TPSA) is 55.2 Å². The molecule has 0 fully saturated rings. The van der Waals surface area contributed by atoms with Crippen molar-refractivity contribution in [2.75, 3.05) is 4.31 Å². The van der Waals surface area contributed by atoms with Gasteiger partial charge >= 0.3 is 6.18 Å². The zero-order valence-corrected chi connectivity index (χ0v) is 23.7. The van der Waals surface area contributed by atoms with Crippen LogP contribution in [0.1, 0.15) is 36.1 Å². The summed E-state index contributed by atoms with van der Waals surface area (Å²) in [6.45, 7) is 3.91. The van der Waals surface area contributed by atoms with Gasteiger partial charge in [0.25, 0.3) is 10.0 Å². The van der Waals surface area contributed by atoms with Crippen molar-refractivity contribution in [1.29, 1.82) is 0 Å². The number of hydrogen-bond acceptors (Lipinski definition) is 3. The Hall–Kier alpha value is -3.63.